The number of hydrogen-bond acceptors (Lipinski definition) is 3. The first-order valence-electron chi connectivity index (χ1n) is 6.54. The molecule has 1 heterocycles. The van der Waals surface area contributed by atoms with Gasteiger partial charge in [0.05, 0.1) is 6.61 Å². The van der Waals surface area contributed by atoms with Gasteiger partial charge in [0.1, 0.15) is 11.5 Å². The fraction of sp³-hybridized carbons (Fsp3) is 0.312. The maximum atomic E-state index is 9.31. The van der Waals surface area contributed by atoms with Crippen molar-refractivity contribution in [1.29, 1.82) is 0 Å². The summed E-state index contributed by atoms with van der Waals surface area (Å²) in [4.78, 5) is 3.98. The van der Waals surface area contributed by atoms with E-state index in [0.717, 1.165) is 21.9 Å². The summed E-state index contributed by atoms with van der Waals surface area (Å²) in [6.45, 7) is 6.02. The first kappa shape index (κ1) is 14.8. The molecule has 2 aromatic rings. The number of benzene rings is 1. The van der Waals surface area contributed by atoms with Gasteiger partial charge in [0.2, 0.25) is 0 Å². The van der Waals surface area contributed by atoms with Gasteiger partial charge < -0.3 is 9.84 Å². The van der Waals surface area contributed by atoms with Crippen LogP contribution in [-0.4, -0.2) is 10.1 Å². The number of aromatic nitrogens is 1. The molecule has 0 bridgehead atoms. The van der Waals surface area contributed by atoms with Gasteiger partial charge in [-0.3, -0.25) is 4.98 Å². The molecule has 106 valence electrons. The molecule has 0 saturated carbocycles. The summed E-state index contributed by atoms with van der Waals surface area (Å²) in [6, 6.07) is 5.62. The Bertz CT molecular complexity index is 611. The van der Waals surface area contributed by atoms with Crippen molar-refractivity contribution in [2.75, 3.05) is 0 Å². The van der Waals surface area contributed by atoms with Crippen molar-refractivity contribution in [3.05, 3.63) is 52.3 Å². The molecular weight excluding hydrogens is 274 g/mol. The summed E-state index contributed by atoms with van der Waals surface area (Å²) in [6.07, 6.45) is 3.24. The molecule has 1 aromatic carbocycles. The zero-order valence-corrected chi connectivity index (χ0v) is 12.6. The lowest BCUT2D eigenvalue weighted by Gasteiger charge is -2.15. The maximum Gasteiger partial charge on any atom is 0.136 e. The van der Waals surface area contributed by atoms with Gasteiger partial charge in [0.15, 0.2) is 0 Å². The predicted octanol–water partition coefficient (Wildman–Crippen LogP) is 4.45. The fourth-order valence-corrected chi connectivity index (χ4v) is 2.41. The smallest absolute Gasteiger partial charge is 0.136 e. The van der Waals surface area contributed by atoms with Gasteiger partial charge in [0, 0.05) is 23.0 Å². The van der Waals surface area contributed by atoms with E-state index in [1.54, 1.807) is 18.5 Å². The van der Waals surface area contributed by atoms with Crippen LogP contribution in [0.15, 0.2) is 30.6 Å². The molecule has 0 aliphatic heterocycles. The average molecular weight is 292 g/mol. The second-order valence-corrected chi connectivity index (χ2v) is 5.44. The average Bonchev–Trinajstić information content (AvgIpc) is 2.42. The lowest BCUT2D eigenvalue weighted by Crippen LogP contribution is -1.97. The Balaban J connectivity index is 2.40. The molecule has 3 nitrogen and oxygen atoms in total. The number of aliphatic hydroxyl groups excluding tert-OH is 1. The zero-order chi connectivity index (χ0) is 14.7. The van der Waals surface area contributed by atoms with E-state index in [1.165, 1.54) is 0 Å². The third-order valence-electron chi connectivity index (χ3n) is 3.17. The molecule has 0 aliphatic rings. The summed E-state index contributed by atoms with van der Waals surface area (Å²) in [5.74, 6) is 1.68. The van der Waals surface area contributed by atoms with E-state index in [4.69, 9.17) is 16.3 Å². The summed E-state index contributed by atoms with van der Waals surface area (Å²) in [5.41, 5.74) is 2.67. The van der Waals surface area contributed by atoms with Crippen LogP contribution < -0.4 is 4.74 Å². The lowest BCUT2D eigenvalue weighted by atomic mass is 10.0. The molecule has 1 aromatic heterocycles. The van der Waals surface area contributed by atoms with Gasteiger partial charge in [-0.05, 0) is 42.2 Å². The summed E-state index contributed by atoms with van der Waals surface area (Å²) in [5, 5.41) is 10.1. The quantitative estimate of drug-likeness (QED) is 0.905. The summed E-state index contributed by atoms with van der Waals surface area (Å²) in [7, 11) is 0. The number of aryl methyl sites for hydroxylation is 1. The summed E-state index contributed by atoms with van der Waals surface area (Å²) >= 11 is 6.25. The molecule has 0 radical (unpaired) electrons. The number of hydrogen-bond donors (Lipinski definition) is 1. The molecule has 0 unspecified atom stereocenters. The Hall–Kier alpha value is -1.58. The van der Waals surface area contributed by atoms with Crippen LogP contribution in [0.4, 0.5) is 0 Å². The number of aliphatic hydroxyl groups is 1. The fourth-order valence-electron chi connectivity index (χ4n) is 1.97. The Kier molecular flexibility index (Phi) is 4.63. The van der Waals surface area contributed by atoms with Crippen LogP contribution in [0.25, 0.3) is 0 Å². The predicted molar refractivity (Wildman–Crippen MR) is 80.5 cm³/mol. The second kappa shape index (κ2) is 6.25. The zero-order valence-electron chi connectivity index (χ0n) is 11.9. The van der Waals surface area contributed by atoms with Gasteiger partial charge in [-0.2, -0.15) is 0 Å². The Morgan fingerprint density at radius 2 is 2.05 bits per heavy atom. The normalized spacial score (nSPS) is 10.9. The highest BCUT2D eigenvalue weighted by molar-refractivity contribution is 6.31. The molecular formula is C16H18ClNO2. The van der Waals surface area contributed by atoms with E-state index in [1.807, 2.05) is 19.1 Å². The third kappa shape index (κ3) is 3.11. The monoisotopic (exact) mass is 291 g/mol. The minimum atomic E-state index is -0.104. The minimum Gasteiger partial charge on any atom is -0.457 e. The van der Waals surface area contributed by atoms with Crippen LogP contribution in [-0.2, 0) is 6.61 Å². The van der Waals surface area contributed by atoms with E-state index in [9.17, 15) is 5.11 Å². The minimum absolute atomic E-state index is 0.104. The summed E-state index contributed by atoms with van der Waals surface area (Å²) < 4.78 is 5.92. The van der Waals surface area contributed by atoms with Crippen LogP contribution in [0.5, 0.6) is 11.5 Å². The van der Waals surface area contributed by atoms with Gasteiger partial charge in [-0.25, -0.2) is 0 Å². The van der Waals surface area contributed by atoms with E-state index < -0.39 is 0 Å². The molecule has 0 amide bonds. The van der Waals surface area contributed by atoms with Crippen LogP contribution in [0, 0.1) is 6.92 Å². The number of rotatable bonds is 4. The number of pyridine rings is 1. The highest BCUT2D eigenvalue weighted by Gasteiger charge is 2.12. The number of halogens is 1. The van der Waals surface area contributed by atoms with Crippen molar-refractivity contribution >= 4 is 11.6 Å². The van der Waals surface area contributed by atoms with Crippen molar-refractivity contribution < 1.29 is 9.84 Å². The number of nitrogens with zero attached hydrogens (tertiary/aromatic N) is 1. The van der Waals surface area contributed by atoms with Crippen LogP contribution >= 0.6 is 11.6 Å². The molecule has 20 heavy (non-hydrogen) atoms. The second-order valence-electron chi connectivity index (χ2n) is 5.04. The van der Waals surface area contributed by atoms with E-state index >= 15 is 0 Å². The van der Waals surface area contributed by atoms with Crippen molar-refractivity contribution in [3.8, 4) is 11.5 Å². The SMILES string of the molecule is Cc1cc(Cl)c(C(C)C)cc1Oc1ccncc1CO. The first-order valence-corrected chi connectivity index (χ1v) is 6.92. The molecule has 2 rings (SSSR count). The largest absolute Gasteiger partial charge is 0.457 e. The molecule has 1 N–H and O–H groups in total. The molecule has 0 atom stereocenters. The van der Waals surface area contributed by atoms with Crippen molar-refractivity contribution in [2.45, 2.75) is 33.3 Å². The lowest BCUT2D eigenvalue weighted by molar-refractivity contribution is 0.276. The Labute approximate surface area is 124 Å². The van der Waals surface area contributed by atoms with Gasteiger partial charge in [-0.1, -0.05) is 25.4 Å². The molecule has 0 aliphatic carbocycles. The van der Waals surface area contributed by atoms with Crippen LogP contribution in [0.1, 0.15) is 36.5 Å². The topological polar surface area (TPSA) is 42.4 Å². The van der Waals surface area contributed by atoms with Crippen LogP contribution in [0.2, 0.25) is 5.02 Å². The van der Waals surface area contributed by atoms with E-state index in [0.29, 0.717) is 17.2 Å². The third-order valence-corrected chi connectivity index (χ3v) is 3.49. The van der Waals surface area contributed by atoms with Crippen molar-refractivity contribution in [2.24, 2.45) is 0 Å². The highest BCUT2D eigenvalue weighted by atomic mass is 35.5. The molecule has 0 fully saturated rings. The van der Waals surface area contributed by atoms with E-state index in [2.05, 4.69) is 18.8 Å². The van der Waals surface area contributed by atoms with Crippen molar-refractivity contribution in [3.63, 3.8) is 0 Å². The Morgan fingerprint density at radius 3 is 2.70 bits per heavy atom. The van der Waals surface area contributed by atoms with E-state index in [-0.39, 0.29) is 6.61 Å². The number of ether oxygens (including phenoxy) is 1. The highest BCUT2D eigenvalue weighted by Crippen LogP contribution is 2.34. The standard InChI is InChI=1S/C16H18ClNO2/c1-10(2)13-7-16(11(3)6-14(13)17)20-15-4-5-18-8-12(15)9-19/h4-8,10,19H,9H2,1-3H3. The molecule has 0 spiro atoms. The van der Waals surface area contributed by atoms with Crippen LogP contribution in [0.3, 0.4) is 0 Å². The van der Waals surface area contributed by atoms with Gasteiger partial charge >= 0.3 is 0 Å². The van der Waals surface area contributed by atoms with Gasteiger partial charge in [0.25, 0.3) is 0 Å². The van der Waals surface area contributed by atoms with Crippen molar-refractivity contribution in [1.82, 2.24) is 4.98 Å². The molecule has 0 saturated heterocycles. The first-order chi connectivity index (χ1) is 9.52. The van der Waals surface area contributed by atoms with Gasteiger partial charge in [-0.15, -0.1) is 0 Å². The molecule has 4 heteroatoms. The Morgan fingerprint density at radius 1 is 1.30 bits per heavy atom. The maximum absolute atomic E-state index is 9.31.